The normalized spacial score (nSPS) is 32.2. The summed E-state index contributed by atoms with van der Waals surface area (Å²) >= 11 is 6.23. The molecule has 42 heavy (non-hydrogen) atoms. The number of rotatable bonds is 1. The number of nitrogens with zero attached hydrogens (tertiary/aromatic N) is 3. The molecule has 10 heteroatoms. The van der Waals surface area contributed by atoms with Gasteiger partial charge in [-0.25, -0.2) is 14.8 Å². The van der Waals surface area contributed by atoms with E-state index in [0.29, 0.717) is 40.6 Å². The summed E-state index contributed by atoms with van der Waals surface area (Å²) in [5, 5.41) is 10.6. The monoisotopic (exact) mass is 597 g/mol. The Morgan fingerprint density at radius 3 is 2.60 bits per heavy atom. The SMILES string of the molecule is CC(C)(C)[C@@H]1CC(=O)O[C@@H]2C[C@@H]3C[C@@H]3[C@H]2CCCCCc2nc3ccc(Cl)cc3nc2O[C@@H]2C[C@@H](C(=O)O)N(C2)C1=O. The third-order valence-electron chi connectivity index (χ3n) is 9.76. The topological polar surface area (TPSA) is 119 Å². The highest BCUT2D eigenvalue weighted by atomic mass is 35.5. The number of halogens is 1. The van der Waals surface area contributed by atoms with Crippen LogP contribution in [0.5, 0.6) is 5.88 Å². The summed E-state index contributed by atoms with van der Waals surface area (Å²) in [6.45, 7) is 5.80. The van der Waals surface area contributed by atoms with Gasteiger partial charge in [-0.1, -0.05) is 45.2 Å². The first-order chi connectivity index (χ1) is 20.0. The molecule has 3 fully saturated rings. The van der Waals surface area contributed by atoms with Gasteiger partial charge in [-0.3, -0.25) is 9.59 Å². The molecule has 1 amide bonds. The van der Waals surface area contributed by atoms with Gasteiger partial charge in [0.15, 0.2) is 0 Å². The predicted molar refractivity (Wildman–Crippen MR) is 156 cm³/mol. The van der Waals surface area contributed by atoms with Crippen molar-refractivity contribution in [2.75, 3.05) is 6.54 Å². The van der Waals surface area contributed by atoms with Crippen LogP contribution in [-0.2, 0) is 25.5 Å². The van der Waals surface area contributed by atoms with Gasteiger partial charge in [0.1, 0.15) is 23.9 Å². The molecule has 0 spiro atoms. The lowest BCUT2D eigenvalue weighted by Crippen LogP contribution is -2.47. The molecule has 2 saturated carbocycles. The van der Waals surface area contributed by atoms with Crippen LogP contribution >= 0.6 is 11.6 Å². The summed E-state index contributed by atoms with van der Waals surface area (Å²) in [6.07, 6.45) is 6.10. The van der Waals surface area contributed by atoms with Crippen LogP contribution in [0.15, 0.2) is 18.2 Å². The van der Waals surface area contributed by atoms with E-state index in [0.717, 1.165) is 43.3 Å². The van der Waals surface area contributed by atoms with E-state index >= 15 is 0 Å². The first-order valence-electron chi connectivity index (χ1n) is 15.3. The average Bonchev–Trinajstić information content (AvgIpc) is 3.40. The number of aromatic nitrogens is 2. The number of carboxylic acids is 1. The zero-order chi connectivity index (χ0) is 29.8. The van der Waals surface area contributed by atoms with Crippen LogP contribution in [0, 0.1) is 29.1 Å². The molecule has 1 N–H and O–H groups in total. The van der Waals surface area contributed by atoms with Crippen LogP contribution in [0.3, 0.4) is 0 Å². The van der Waals surface area contributed by atoms with Gasteiger partial charge in [0, 0.05) is 11.4 Å². The maximum absolute atomic E-state index is 14.0. The highest BCUT2D eigenvalue weighted by Crippen LogP contribution is 2.58. The molecule has 1 aromatic carbocycles. The Labute approximate surface area is 251 Å². The van der Waals surface area contributed by atoms with Gasteiger partial charge in [-0.15, -0.1) is 0 Å². The van der Waals surface area contributed by atoms with Gasteiger partial charge in [-0.2, -0.15) is 0 Å². The zero-order valence-corrected chi connectivity index (χ0v) is 25.3. The molecule has 4 aliphatic rings. The summed E-state index contributed by atoms with van der Waals surface area (Å²) < 4.78 is 12.4. The molecule has 1 saturated heterocycles. The number of esters is 1. The minimum atomic E-state index is -1.10. The molecule has 6 rings (SSSR count). The molecule has 226 valence electrons. The van der Waals surface area contributed by atoms with Gasteiger partial charge >= 0.3 is 11.9 Å². The van der Waals surface area contributed by atoms with Crippen molar-refractivity contribution in [1.29, 1.82) is 0 Å². The second-order valence-corrected chi connectivity index (χ2v) is 14.2. The Balaban J connectivity index is 1.33. The number of fused-ring (bicyclic) bond motifs is 7. The van der Waals surface area contributed by atoms with E-state index in [1.54, 1.807) is 12.1 Å². The van der Waals surface area contributed by atoms with E-state index in [9.17, 15) is 19.5 Å². The molecular formula is C32H40ClN3O6. The summed E-state index contributed by atoms with van der Waals surface area (Å²) in [4.78, 5) is 50.6. The molecule has 2 aliphatic heterocycles. The van der Waals surface area contributed by atoms with Gasteiger partial charge in [0.25, 0.3) is 0 Å². The number of carboxylic acid groups (broad SMARTS) is 1. The van der Waals surface area contributed by atoms with Crippen molar-refractivity contribution in [2.45, 2.75) is 96.8 Å². The largest absolute Gasteiger partial charge is 0.480 e. The molecule has 3 heterocycles. The Kier molecular flexibility index (Phi) is 7.83. The Bertz CT molecular complexity index is 1390. The number of carbonyl (C=O) groups is 3. The number of benzene rings is 1. The van der Waals surface area contributed by atoms with E-state index in [-0.39, 0.29) is 37.4 Å². The second-order valence-electron chi connectivity index (χ2n) is 13.7. The molecule has 2 bridgehead atoms. The molecular weight excluding hydrogens is 558 g/mol. The van der Waals surface area contributed by atoms with Crippen molar-refractivity contribution in [1.82, 2.24) is 14.9 Å². The molecule has 0 unspecified atom stereocenters. The van der Waals surface area contributed by atoms with Crippen molar-refractivity contribution in [2.24, 2.45) is 29.1 Å². The van der Waals surface area contributed by atoms with Crippen molar-refractivity contribution in [3.63, 3.8) is 0 Å². The Morgan fingerprint density at radius 1 is 1.02 bits per heavy atom. The fourth-order valence-electron chi connectivity index (χ4n) is 7.37. The van der Waals surface area contributed by atoms with Crippen LogP contribution in [0.2, 0.25) is 5.02 Å². The number of ether oxygens (including phenoxy) is 2. The van der Waals surface area contributed by atoms with Gasteiger partial charge in [0.2, 0.25) is 11.8 Å². The molecule has 9 nitrogen and oxygen atoms in total. The molecule has 0 radical (unpaired) electrons. The number of aliphatic carboxylic acids is 1. The number of hydrogen-bond acceptors (Lipinski definition) is 7. The Morgan fingerprint density at radius 2 is 1.83 bits per heavy atom. The lowest BCUT2D eigenvalue weighted by Gasteiger charge is -2.34. The van der Waals surface area contributed by atoms with Crippen LogP contribution < -0.4 is 4.74 Å². The average molecular weight is 598 g/mol. The maximum Gasteiger partial charge on any atom is 0.326 e. The van der Waals surface area contributed by atoms with Crippen LogP contribution in [-0.4, -0.2) is 62.6 Å². The predicted octanol–water partition coefficient (Wildman–Crippen LogP) is 5.45. The van der Waals surface area contributed by atoms with Gasteiger partial charge in [-0.05, 0) is 73.5 Å². The number of hydrogen-bond donors (Lipinski definition) is 1. The van der Waals surface area contributed by atoms with Crippen molar-refractivity contribution in [3.8, 4) is 5.88 Å². The highest BCUT2D eigenvalue weighted by Gasteiger charge is 2.54. The van der Waals surface area contributed by atoms with Crippen LogP contribution in [0.4, 0.5) is 0 Å². The van der Waals surface area contributed by atoms with E-state index in [2.05, 4.69) is 0 Å². The first-order valence-corrected chi connectivity index (χ1v) is 15.7. The van der Waals surface area contributed by atoms with E-state index < -0.39 is 29.4 Å². The van der Waals surface area contributed by atoms with E-state index in [4.69, 9.17) is 31.0 Å². The summed E-state index contributed by atoms with van der Waals surface area (Å²) in [5.74, 6) is -0.554. The molecule has 2 aromatic rings. The molecule has 2 aliphatic carbocycles. The fourth-order valence-corrected chi connectivity index (χ4v) is 7.54. The summed E-state index contributed by atoms with van der Waals surface area (Å²) in [7, 11) is 0. The lowest BCUT2D eigenvalue weighted by atomic mass is 9.77. The number of amides is 1. The zero-order valence-electron chi connectivity index (χ0n) is 24.6. The smallest absolute Gasteiger partial charge is 0.326 e. The lowest BCUT2D eigenvalue weighted by molar-refractivity contribution is -0.159. The number of carbonyl (C=O) groups excluding carboxylic acids is 2. The Hall–Kier alpha value is -2.94. The summed E-state index contributed by atoms with van der Waals surface area (Å²) in [5.41, 5.74) is 1.47. The first kappa shape index (κ1) is 29.1. The quantitative estimate of drug-likeness (QED) is 0.431. The van der Waals surface area contributed by atoms with E-state index in [1.165, 1.54) is 11.3 Å². The third kappa shape index (κ3) is 5.94. The van der Waals surface area contributed by atoms with Crippen molar-refractivity contribution >= 4 is 40.5 Å². The van der Waals surface area contributed by atoms with Gasteiger partial charge in [0.05, 0.1) is 29.9 Å². The molecule has 7 atom stereocenters. The summed E-state index contributed by atoms with van der Waals surface area (Å²) in [6, 6.07) is 4.29. The van der Waals surface area contributed by atoms with E-state index in [1.807, 2.05) is 26.8 Å². The van der Waals surface area contributed by atoms with Crippen molar-refractivity contribution in [3.05, 3.63) is 28.9 Å². The number of aryl methyl sites for hydroxylation is 1. The highest BCUT2D eigenvalue weighted by molar-refractivity contribution is 6.31. The van der Waals surface area contributed by atoms with Crippen molar-refractivity contribution < 1.29 is 29.0 Å². The minimum Gasteiger partial charge on any atom is -0.480 e. The standard InChI is InChI=1S/C32H40ClN3O6/c1-32(2,3)22-15-28(37)42-27-12-17-11-21(17)20(27)7-5-4-6-8-24-29(35-25-13-18(33)9-10-23(25)34-24)41-19-14-26(31(39)40)36(16-19)30(22)38/h9-10,13,17,19-22,26-27H,4-8,11-12,14-16H2,1-3H3,(H,39,40)/t17-,19+,20+,21-,22+,26-,27+/m0/s1. The molecule has 1 aromatic heterocycles. The minimum absolute atomic E-state index is 0.0731. The van der Waals surface area contributed by atoms with Crippen LogP contribution in [0.25, 0.3) is 11.0 Å². The second kappa shape index (κ2) is 11.3. The fraction of sp³-hybridized carbons (Fsp3) is 0.656. The maximum atomic E-state index is 14.0. The van der Waals surface area contributed by atoms with Gasteiger partial charge < -0.3 is 19.5 Å². The van der Waals surface area contributed by atoms with Crippen LogP contribution in [0.1, 0.15) is 77.8 Å². The third-order valence-corrected chi connectivity index (χ3v) is 9.99.